The molecule has 0 aliphatic heterocycles. The van der Waals surface area contributed by atoms with Crippen LogP contribution in [0.1, 0.15) is 91.7 Å². The number of anilines is 1. The Morgan fingerprint density at radius 2 is 1.83 bits per heavy atom. The summed E-state index contributed by atoms with van der Waals surface area (Å²) in [5.74, 6) is 1.78. The molecule has 2 aromatic heterocycles. The standard InChI is InChI=1S/C25H30N4O/c1-16-9-11-17(12-10-16)18-5-4-6-19(13-18)23(30)21-14-29(20-7-2-3-8-20)25-22(21)24(26)27-15-28-25/h4-6,13-17,20H,2-3,7-12H2,1H3,(H2,26,27,28). The van der Waals surface area contributed by atoms with E-state index in [1.54, 1.807) is 0 Å². The smallest absolute Gasteiger partial charge is 0.195 e. The molecule has 5 nitrogen and oxygen atoms in total. The normalized spacial score (nSPS) is 22.6. The zero-order chi connectivity index (χ0) is 20.7. The first-order valence-electron chi connectivity index (χ1n) is 11.4. The molecule has 0 atom stereocenters. The average Bonchev–Trinajstić information content (AvgIpc) is 3.42. The van der Waals surface area contributed by atoms with Gasteiger partial charge in [-0.15, -0.1) is 0 Å². The molecule has 1 aromatic carbocycles. The highest BCUT2D eigenvalue weighted by molar-refractivity contribution is 6.18. The summed E-state index contributed by atoms with van der Waals surface area (Å²) in [6.07, 6.45) is 13.1. The first kappa shape index (κ1) is 19.3. The number of hydrogen-bond acceptors (Lipinski definition) is 4. The van der Waals surface area contributed by atoms with Gasteiger partial charge in [-0.2, -0.15) is 0 Å². The molecule has 2 aliphatic rings. The Bertz CT molecular complexity index is 1070. The van der Waals surface area contributed by atoms with Crippen molar-refractivity contribution in [1.29, 1.82) is 0 Å². The molecule has 156 valence electrons. The largest absolute Gasteiger partial charge is 0.383 e. The van der Waals surface area contributed by atoms with Crippen LogP contribution >= 0.6 is 0 Å². The molecule has 0 bridgehead atoms. The monoisotopic (exact) mass is 402 g/mol. The average molecular weight is 403 g/mol. The van der Waals surface area contributed by atoms with Gasteiger partial charge in [0.1, 0.15) is 17.8 Å². The van der Waals surface area contributed by atoms with Crippen LogP contribution in [0.2, 0.25) is 0 Å². The Morgan fingerprint density at radius 3 is 2.60 bits per heavy atom. The number of ketones is 1. The van der Waals surface area contributed by atoms with Gasteiger partial charge in [0.25, 0.3) is 0 Å². The lowest BCUT2D eigenvalue weighted by Gasteiger charge is -2.26. The van der Waals surface area contributed by atoms with E-state index in [-0.39, 0.29) is 5.78 Å². The molecule has 0 amide bonds. The highest BCUT2D eigenvalue weighted by atomic mass is 16.1. The molecule has 0 unspecified atom stereocenters. The van der Waals surface area contributed by atoms with Crippen LogP contribution in [0.25, 0.3) is 11.0 Å². The molecule has 5 rings (SSSR count). The maximum Gasteiger partial charge on any atom is 0.195 e. The van der Waals surface area contributed by atoms with E-state index in [1.807, 2.05) is 18.3 Å². The van der Waals surface area contributed by atoms with Crippen molar-refractivity contribution in [3.63, 3.8) is 0 Å². The minimum Gasteiger partial charge on any atom is -0.383 e. The number of carbonyl (C=O) groups excluding carboxylic acids is 1. The lowest BCUT2D eigenvalue weighted by Crippen LogP contribution is -2.11. The van der Waals surface area contributed by atoms with Gasteiger partial charge in [0.05, 0.1) is 10.9 Å². The van der Waals surface area contributed by atoms with Gasteiger partial charge in [-0.1, -0.05) is 50.8 Å². The molecule has 30 heavy (non-hydrogen) atoms. The van der Waals surface area contributed by atoms with Gasteiger partial charge in [0, 0.05) is 17.8 Å². The number of carbonyl (C=O) groups is 1. The van der Waals surface area contributed by atoms with Gasteiger partial charge < -0.3 is 10.3 Å². The zero-order valence-corrected chi connectivity index (χ0v) is 17.7. The van der Waals surface area contributed by atoms with Gasteiger partial charge in [0.2, 0.25) is 0 Å². The van der Waals surface area contributed by atoms with Crippen LogP contribution in [-0.4, -0.2) is 20.3 Å². The molecule has 2 fully saturated rings. The summed E-state index contributed by atoms with van der Waals surface area (Å²) in [5.41, 5.74) is 9.67. The summed E-state index contributed by atoms with van der Waals surface area (Å²) >= 11 is 0. The fourth-order valence-corrected chi connectivity index (χ4v) is 5.42. The minimum atomic E-state index is 0.0178. The maximum atomic E-state index is 13.6. The van der Waals surface area contributed by atoms with Crippen molar-refractivity contribution in [3.8, 4) is 0 Å². The predicted molar refractivity (Wildman–Crippen MR) is 120 cm³/mol. The van der Waals surface area contributed by atoms with Crippen LogP contribution in [0.5, 0.6) is 0 Å². The van der Waals surface area contributed by atoms with Crippen molar-refractivity contribution in [2.24, 2.45) is 5.92 Å². The summed E-state index contributed by atoms with van der Waals surface area (Å²) in [4.78, 5) is 22.3. The third kappa shape index (κ3) is 3.40. The molecule has 2 heterocycles. The molecule has 2 saturated carbocycles. The highest BCUT2D eigenvalue weighted by Gasteiger charge is 2.26. The van der Waals surface area contributed by atoms with E-state index in [4.69, 9.17) is 5.73 Å². The quantitative estimate of drug-likeness (QED) is 0.572. The molecule has 0 spiro atoms. The first-order chi connectivity index (χ1) is 14.6. The summed E-state index contributed by atoms with van der Waals surface area (Å²) in [5, 5.41) is 0.700. The summed E-state index contributed by atoms with van der Waals surface area (Å²) in [7, 11) is 0. The minimum absolute atomic E-state index is 0.0178. The lowest BCUT2D eigenvalue weighted by molar-refractivity contribution is 0.104. The Labute approximate surface area is 177 Å². The summed E-state index contributed by atoms with van der Waals surface area (Å²) in [6.45, 7) is 2.34. The fourth-order valence-electron chi connectivity index (χ4n) is 5.42. The van der Waals surface area contributed by atoms with Gasteiger partial charge >= 0.3 is 0 Å². The van der Waals surface area contributed by atoms with Gasteiger partial charge in [-0.05, 0) is 49.1 Å². The van der Waals surface area contributed by atoms with Gasteiger partial charge in [-0.3, -0.25) is 4.79 Å². The van der Waals surface area contributed by atoms with Crippen molar-refractivity contribution >= 4 is 22.6 Å². The summed E-state index contributed by atoms with van der Waals surface area (Å²) < 4.78 is 2.17. The molecule has 5 heteroatoms. The molecule has 2 aliphatic carbocycles. The number of fused-ring (bicyclic) bond motifs is 1. The second-order valence-corrected chi connectivity index (χ2v) is 9.26. The fraction of sp³-hybridized carbons (Fsp3) is 0.480. The van der Waals surface area contributed by atoms with E-state index >= 15 is 0 Å². The number of hydrogen-bond donors (Lipinski definition) is 1. The van der Waals surface area contributed by atoms with E-state index in [0.29, 0.717) is 28.7 Å². The third-order valence-corrected chi connectivity index (χ3v) is 7.24. The number of rotatable bonds is 4. The second-order valence-electron chi connectivity index (χ2n) is 9.26. The number of nitrogens with two attached hydrogens (primary N) is 1. The van der Waals surface area contributed by atoms with Gasteiger partial charge in [0.15, 0.2) is 5.78 Å². The van der Waals surface area contributed by atoms with Crippen LogP contribution in [0.4, 0.5) is 5.82 Å². The van der Waals surface area contributed by atoms with E-state index in [0.717, 1.165) is 30.0 Å². The predicted octanol–water partition coefficient (Wildman–Crippen LogP) is 5.65. The van der Waals surface area contributed by atoms with E-state index in [1.165, 1.54) is 50.4 Å². The number of nitrogen functional groups attached to an aromatic ring is 1. The van der Waals surface area contributed by atoms with Crippen molar-refractivity contribution < 1.29 is 4.79 Å². The molecular formula is C25H30N4O. The first-order valence-corrected chi connectivity index (χ1v) is 11.4. The Kier molecular flexibility index (Phi) is 5.05. The van der Waals surface area contributed by atoms with Crippen LogP contribution in [0.15, 0.2) is 36.8 Å². The maximum absolute atomic E-state index is 13.6. The molecule has 0 saturated heterocycles. The molecule has 0 radical (unpaired) electrons. The summed E-state index contributed by atoms with van der Waals surface area (Å²) in [6, 6.07) is 8.62. The van der Waals surface area contributed by atoms with Crippen LogP contribution in [0, 0.1) is 5.92 Å². The van der Waals surface area contributed by atoms with Crippen molar-refractivity contribution in [2.75, 3.05) is 5.73 Å². The molecule has 2 N–H and O–H groups in total. The number of benzene rings is 1. The van der Waals surface area contributed by atoms with Crippen LogP contribution in [0.3, 0.4) is 0 Å². The SMILES string of the molecule is CC1CCC(c2cccc(C(=O)c3cn(C4CCCC4)c4ncnc(N)c34)c2)CC1. The molecule has 3 aromatic rings. The van der Waals surface area contributed by atoms with Crippen molar-refractivity contribution in [3.05, 3.63) is 53.5 Å². The Morgan fingerprint density at radius 1 is 1.07 bits per heavy atom. The van der Waals surface area contributed by atoms with Crippen molar-refractivity contribution in [2.45, 2.75) is 70.3 Å². The van der Waals surface area contributed by atoms with E-state index in [9.17, 15) is 4.79 Å². The topological polar surface area (TPSA) is 73.8 Å². The van der Waals surface area contributed by atoms with Gasteiger partial charge in [-0.25, -0.2) is 9.97 Å². The van der Waals surface area contributed by atoms with E-state index in [2.05, 4.69) is 33.6 Å². The van der Waals surface area contributed by atoms with Crippen LogP contribution < -0.4 is 5.73 Å². The van der Waals surface area contributed by atoms with Crippen molar-refractivity contribution in [1.82, 2.24) is 14.5 Å². The number of nitrogens with zero attached hydrogens (tertiary/aromatic N) is 3. The second kappa shape index (κ2) is 7.86. The Balaban J connectivity index is 1.53. The van der Waals surface area contributed by atoms with Crippen LogP contribution in [-0.2, 0) is 0 Å². The third-order valence-electron chi connectivity index (χ3n) is 7.24. The molecular weight excluding hydrogens is 372 g/mol. The lowest BCUT2D eigenvalue weighted by atomic mass is 9.79. The van der Waals surface area contributed by atoms with E-state index < -0.39 is 0 Å². The Hall–Kier alpha value is -2.69. The zero-order valence-electron chi connectivity index (χ0n) is 17.7. The highest BCUT2D eigenvalue weighted by Crippen LogP contribution is 2.37. The number of aromatic nitrogens is 3.